The average Bonchev–Trinajstić information content (AvgIpc) is 3.14. The number of hydrogen-bond acceptors (Lipinski definition) is 2. The van der Waals surface area contributed by atoms with Crippen LogP contribution in [0, 0.1) is 0 Å². The van der Waals surface area contributed by atoms with E-state index in [1.807, 2.05) is 9.80 Å². The smallest absolute Gasteiger partial charge is 0.317 e. The van der Waals surface area contributed by atoms with E-state index in [9.17, 15) is 9.59 Å². The van der Waals surface area contributed by atoms with Crippen molar-refractivity contribution >= 4 is 11.9 Å². The molecule has 0 radical (unpaired) electrons. The van der Waals surface area contributed by atoms with Gasteiger partial charge >= 0.3 is 6.03 Å². The van der Waals surface area contributed by atoms with Crippen LogP contribution in [-0.4, -0.2) is 54.0 Å². The van der Waals surface area contributed by atoms with E-state index in [0.717, 1.165) is 18.4 Å². The highest BCUT2D eigenvalue weighted by molar-refractivity contribution is 5.79. The van der Waals surface area contributed by atoms with Crippen molar-refractivity contribution in [3.05, 3.63) is 35.4 Å². The van der Waals surface area contributed by atoms with Crippen LogP contribution in [0.5, 0.6) is 0 Å². The lowest BCUT2D eigenvalue weighted by Gasteiger charge is -2.35. The van der Waals surface area contributed by atoms with E-state index in [0.29, 0.717) is 38.6 Å². The Bertz CT molecular complexity index is 649. The summed E-state index contributed by atoms with van der Waals surface area (Å²) >= 11 is 0. The highest BCUT2D eigenvalue weighted by atomic mass is 16.2. The first-order chi connectivity index (χ1) is 12.8. The summed E-state index contributed by atoms with van der Waals surface area (Å²) < 4.78 is 0. The van der Waals surface area contributed by atoms with E-state index in [4.69, 9.17) is 0 Å². The number of benzene rings is 1. The first-order valence-corrected chi connectivity index (χ1v) is 10.3. The zero-order valence-electron chi connectivity index (χ0n) is 17.0. The Morgan fingerprint density at radius 1 is 0.963 bits per heavy atom. The van der Waals surface area contributed by atoms with Crippen LogP contribution < -0.4 is 5.32 Å². The number of carbonyl (C=O) groups excluding carboxylic acids is 2. The third kappa shape index (κ3) is 5.24. The SMILES string of the molecule is CC(C)(C)c1ccc(CC(=O)N2CCN(C(=O)NC3CCCC3)CC2)cc1. The molecule has 0 spiro atoms. The molecule has 1 aliphatic heterocycles. The zero-order chi connectivity index (χ0) is 19.4. The van der Waals surface area contributed by atoms with Crippen molar-refractivity contribution < 1.29 is 9.59 Å². The second-order valence-electron chi connectivity index (χ2n) is 8.92. The predicted molar refractivity (Wildman–Crippen MR) is 108 cm³/mol. The molecule has 0 bridgehead atoms. The van der Waals surface area contributed by atoms with Crippen LogP contribution in [-0.2, 0) is 16.6 Å². The molecule has 27 heavy (non-hydrogen) atoms. The molecule has 1 N–H and O–H groups in total. The number of nitrogens with zero attached hydrogens (tertiary/aromatic N) is 2. The number of urea groups is 1. The number of rotatable bonds is 3. The van der Waals surface area contributed by atoms with Gasteiger partial charge in [-0.05, 0) is 29.4 Å². The molecular weight excluding hydrogens is 338 g/mol. The Labute approximate surface area is 163 Å². The molecule has 2 fully saturated rings. The van der Waals surface area contributed by atoms with Crippen molar-refractivity contribution in [3.8, 4) is 0 Å². The zero-order valence-corrected chi connectivity index (χ0v) is 17.0. The lowest BCUT2D eigenvalue weighted by atomic mass is 9.86. The van der Waals surface area contributed by atoms with Crippen molar-refractivity contribution in [1.82, 2.24) is 15.1 Å². The Kier molecular flexibility index (Phi) is 6.08. The van der Waals surface area contributed by atoms with Crippen molar-refractivity contribution in [2.45, 2.75) is 64.3 Å². The largest absolute Gasteiger partial charge is 0.339 e. The third-order valence-corrected chi connectivity index (χ3v) is 5.78. The Morgan fingerprint density at radius 3 is 2.07 bits per heavy atom. The van der Waals surface area contributed by atoms with Crippen LogP contribution in [0.3, 0.4) is 0 Å². The molecule has 5 nitrogen and oxygen atoms in total. The van der Waals surface area contributed by atoms with E-state index >= 15 is 0 Å². The lowest BCUT2D eigenvalue weighted by Crippen LogP contribution is -2.54. The Morgan fingerprint density at radius 2 is 1.52 bits per heavy atom. The van der Waals surface area contributed by atoms with Crippen molar-refractivity contribution in [1.29, 1.82) is 0 Å². The van der Waals surface area contributed by atoms with Gasteiger partial charge in [-0.2, -0.15) is 0 Å². The van der Waals surface area contributed by atoms with Crippen molar-refractivity contribution in [2.75, 3.05) is 26.2 Å². The number of hydrogen-bond donors (Lipinski definition) is 1. The van der Waals surface area contributed by atoms with Gasteiger partial charge in [-0.25, -0.2) is 4.79 Å². The van der Waals surface area contributed by atoms with E-state index in [-0.39, 0.29) is 17.4 Å². The monoisotopic (exact) mass is 371 g/mol. The van der Waals surface area contributed by atoms with Crippen LogP contribution in [0.25, 0.3) is 0 Å². The minimum Gasteiger partial charge on any atom is -0.339 e. The molecule has 1 saturated carbocycles. The fourth-order valence-corrected chi connectivity index (χ4v) is 3.90. The number of nitrogens with one attached hydrogen (secondary N) is 1. The second-order valence-corrected chi connectivity index (χ2v) is 8.92. The lowest BCUT2D eigenvalue weighted by molar-refractivity contribution is -0.131. The van der Waals surface area contributed by atoms with E-state index in [2.05, 4.69) is 50.4 Å². The molecule has 1 aliphatic carbocycles. The van der Waals surface area contributed by atoms with Crippen LogP contribution >= 0.6 is 0 Å². The third-order valence-electron chi connectivity index (χ3n) is 5.78. The molecule has 2 aliphatic rings. The van der Waals surface area contributed by atoms with E-state index in [1.165, 1.54) is 18.4 Å². The van der Waals surface area contributed by atoms with Gasteiger partial charge in [-0.1, -0.05) is 57.9 Å². The summed E-state index contributed by atoms with van der Waals surface area (Å²) in [4.78, 5) is 28.7. The van der Waals surface area contributed by atoms with Crippen LogP contribution in [0.15, 0.2) is 24.3 Å². The van der Waals surface area contributed by atoms with Crippen molar-refractivity contribution in [3.63, 3.8) is 0 Å². The average molecular weight is 372 g/mol. The summed E-state index contributed by atoms with van der Waals surface area (Å²) in [5.41, 5.74) is 2.45. The molecule has 0 unspecified atom stereocenters. The molecule has 1 heterocycles. The molecule has 1 aromatic rings. The maximum atomic E-state index is 12.6. The molecule has 0 atom stereocenters. The minimum absolute atomic E-state index is 0.0340. The molecule has 148 valence electrons. The Balaban J connectivity index is 1.46. The van der Waals surface area contributed by atoms with Crippen LogP contribution in [0.1, 0.15) is 57.6 Å². The Hall–Kier alpha value is -2.04. The van der Waals surface area contributed by atoms with Gasteiger partial charge in [0.1, 0.15) is 0 Å². The van der Waals surface area contributed by atoms with E-state index in [1.54, 1.807) is 0 Å². The van der Waals surface area contributed by atoms with Crippen LogP contribution in [0.2, 0.25) is 0 Å². The summed E-state index contributed by atoms with van der Waals surface area (Å²) in [6.07, 6.45) is 5.04. The predicted octanol–water partition coefficient (Wildman–Crippen LogP) is 3.32. The van der Waals surface area contributed by atoms with Gasteiger partial charge in [0.15, 0.2) is 0 Å². The summed E-state index contributed by atoms with van der Waals surface area (Å²) in [6, 6.07) is 8.73. The van der Waals surface area contributed by atoms with Gasteiger partial charge in [-0.3, -0.25) is 4.79 Å². The summed E-state index contributed by atoms with van der Waals surface area (Å²) in [5.74, 6) is 0.148. The van der Waals surface area contributed by atoms with Gasteiger partial charge in [-0.15, -0.1) is 0 Å². The highest BCUT2D eigenvalue weighted by Crippen LogP contribution is 2.22. The molecule has 1 aromatic carbocycles. The van der Waals surface area contributed by atoms with Gasteiger partial charge in [0.05, 0.1) is 6.42 Å². The van der Waals surface area contributed by atoms with Gasteiger partial charge in [0, 0.05) is 32.2 Å². The highest BCUT2D eigenvalue weighted by Gasteiger charge is 2.26. The van der Waals surface area contributed by atoms with Crippen molar-refractivity contribution in [2.24, 2.45) is 0 Å². The van der Waals surface area contributed by atoms with Gasteiger partial charge in [0.25, 0.3) is 0 Å². The molecule has 5 heteroatoms. The minimum atomic E-state index is 0.0340. The molecule has 0 aromatic heterocycles. The molecule has 1 saturated heterocycles. The standard InChI is InChI=1S/C22H33N3O2/c1-22(2,3)18-10-8-17(9-11-18)16-20(26)24-12-14-25(15-13-24)21(27)23-19-6-4-5-7-19/h8-11,19H,4-7,12-16H2,1-3H3,(H,23,27). The van der Waals surface area contributed by atoms with E-state index < -0.39 is 0 Å². The number of amides is 3. The number of piperazine rings is 1. The quantitative estimate of drug-likeness (QED) is 0.886. The maximum absolute atomic E-state index is 12.6. The molecule has 3 amide bonds. The normalized spacial score (nSPS) is 18.6. The van der Waals surface area contributed by atoms with Crippen LogP contribution in [0.4, 0.5) is 4.79 Å². The number of carbonyl (C=O) groups is 2. The molecular formula is C22H33N3O2. The first kappa shape index (κ1) is 19.7. The summed E-state index contributed by atoms with van der Waals surface area (Å²) in [6.45, 7) is 9.05. The first-order valence-electron chi connectivity index (χ1n) is 10.3. The maximum Gasteiger partial charge on any atom is 0.317 e. The summed E-state index contributed by atoms with van der Waals surface area (Å²) in [7, 11) is 0. The topological polar surface area (TPSA) is 52.7 Å². The fraction of sp³-hybridized carbons (Fsp3) is 0.636. The van der Waals surface area contributed by atoms with Gasteiger partial charge < -0.3 is 15.1 Å². The fourth-order valence-electron chi connectivity index (χ4n) is 3.90. The van der Waals surface area contributed by atoms with Gasteiger partial charge in [0.2, 0.25) is 5.91 Å². The summed E-state index contributed by atoms with van der Waals surface area (Å²) in [5, 5.41) is 3.13. The second kappa shape index (κ2) is 8.32. The molecule has 3 rings (SSSR count).